The van der Waals surface area contributed by atoms with Crippen molar-refractivity contribution in [3.05, 3.63) is 35.4 Å². The van der Waals surface area contributed by atoms with Gasteiger partial charge >= 0.3 is 5.97 Å². The highest BCUT2D eigenvalue weighted by Gasteiger charge is 2.41. The summed E-state index contributed by atoms with van der Waals surface area (Å²) >= 11 is 0. The van der Waals surface area contributed by atoms with Crippen LogP contribution >= 0.6 is 0 Å². The summed E-state index contributed by atoms with van der Waals surface area (Å²) in [5, 5.41) is 9.35. The van der Waals surface area contributed by atoms with Gasteiger partial charge in [-0.1, -0.05) is 24.3 Å². The van der Waals surface area contributed by atoms with Crippen LogP contribution in [0.5, 0.6) is 0 Å². The Kier molecular flexibility index (Phi) is 3.64. The van der Waals surface area contributed by atoms with Crippen molar-refractivity contribution >= 4 is 16.0 Å². The van der Waals surface area contributed by atoms with E-state index in [0.717, 1.165) is 5.56 Å². The number of benzene rings is 1. The van der Waals surface area contributed by atoms with E-state index in [1.807, 2.05) is 0 Å². The highest BCUT2D eigenvalue weighted by Crippen LogP contribution is 2.33. The van der Waals surface area contributed by atoms with Crippen LogP contribution < -0.4 is 0 Å². The summed E-state index contributed by atoms with van der Waals surface area (Å²) in [4.78, 5) is 11.4. The quantitative estimate of drug-likeness (QED) is 0.903. The van der Waals surface area contributed by atoms with Gasteiger partial charge in [-0.25, -0.2) is 8.42 Å². The second-order valence-electron chi connectivity index (χ2n) is 6.00. The van der Waals surface area contributed by atoms with Gasteiger partial charge in [-0.3, -0.25) is 4.79 Å². The lowest BCUT2D eigenvalue weighted by Gasteiger charge is -2.36. The Hall–Kier alpha value is -1.40. The lowest BCUT2D eigenvalue weighted by Crippen LogP contribution is -2.47. The van der Waals surface area contributed by atoms with Gasteiger partial charge in [0.2, 0.25) is 10.0 Å². The molecule has 1 N–H and O–H groups in total. The highest BCUT2D eigenvalue weighted by molar-refractivity contribution is 7.90. The number of hydrogen-bond donors (Lipinski definition) is 1. The number of hydrogen-bond acceptors (Lipinski definition) is 3. The second kappa shape index (κ2) is 4.86. The summed E-state index contributed by atoms with van der Waals surface area (Å²) in [6.07, 6.45) is 0. The maximum absolute atomic E-state index is 12.5. The van der Waals surface area contributed by atoms with Gasteiger partial charge in [-0.05, 0) is 31.9 Å². The molecule has 2 rings (SSSR count). The van der Waals surface area contributed by atoms with Crippen LogP contribution in [0.4, 0.5) is 0 Å². The van der Waals surface area contributed by atoms with Crippen molar-refractivity contribution in [2.45, 2.75) is 38.0 Å². The molecule has 20 heavy (non-hydrogen) atoms. The zero-order chi connectivity index (χ0) is 15.1. The third-order valence-corrected chi connectivity index (χ3v) is 6.08. The molecule has 1 aromatic carbocycles. The molecule has 0 radical (unpaired) electrons. The van der Waals surface area contributed by atoms with Gasteiger partial charge in [0.05, 0.1) is 10.7 Å². The van der Waals surface area contributed by atoms with Crippen LogP contribution in [0, 0.1) is 0 Å². The standard InChI is InChI=1S/C14H19NO4S/c1-14(2,3)20(18,19)15-8-10-6-4-5-7-11(10)12(9-15)13(16)17/h4-7,12H,8-9H2,1-3H3,(H,16,17). The molecule has 0 amide bonds. The van der Waals surface area contributed by atoms with E-state index in [2.05, 4.69) is 0 Å². The molecule has 1 aromatic rings. The molecule has 110 valence electrons. The molecule has 6 heteroatoms. The van der Waals surface area contributed by atoms with E-state index in [9.17, 15) is 18.3 Å². The van der Waals surface area contributed by atoms with Crippen molar-refractivity contribution < 1.29 is 18.3 Å². The Morgan fingerprint density at radius 1 is 1.30 bits per heavy atom. The Labute approximate surface area is 119 Å². The van der Waals surface area contributed by atoms with Gasteiger partial charge in [0.1, 0.15) is 0 Å². The van der Waals surface area contributed by atoms with Gasteiger partial charge in [0, 0.05) is 13.1 Å². The molecular weight excluding hydrogens is 278 g/mol. The third kappa shape index (κ3) is 2.45. The van der Waals surface area contributed by atoms with Crippen LogP contribution in [0.15, 0.2) is 24.3 Å². The number of rotatable bonds is 2. The second-order valence-corrected chi connectivity index (χ2v) is 8.69. The SMILES string of the molecule is CC(C)(C)S(=O)(=O)N1Cc2ccccc2C(C(=O)O)C1. The summed E-state index contributed by atoms with van der Waals surface area (Å²) < 4.78 is 25.4. The number of carbonyl (C=O) groups is 1. The van der Waals surface area contributed by atoms with E-state index >= 15 is 0 Å². The molecule has 1 aliphatic heterocycles. The molecule has 0 saturated carbocycles. The van der Waals surface area contributed by atoms with Gasteiger partial charge in [0.15, 0.2) is 0 Å². The van der Waals surface area contributed by atoms with Crippen LogP contribution in [-0.4, -0.2) is 35.1 Å². The average molecular weight is 297 g/mol. The predicted molar refractivity (Wildman–Crippen MR) is 75.9 cm³/mol. The minimum absolute atomic E-state index is 0.00799. The van der Waals surface area contributed by atoms with Crippen molar-refractivity contribution in [2.24, 2.45) is 0 Å². The van der Waals surface area contributed by atoms with Crippen LogP contribution in [0.1, 0.15) is 37.8 Å². The minimum Gasteiger partial charge on any atom is -0.481 e. The molecule has 5 nitrogen and oxygen atoms in total. The molecule has 0 bridgehead atoms. The summed E-state index contributed by atoms with van der Waals surface area (Å²) in [5.41, 5.74) is 1.47. The van der Waals surface area contributed by atoms with Crippen LogP contribution in [0.3, 0.4) is 0 Å². The predicted octanol–water partition coefficient (Wildman–Crippen LogP) is 1.80. The lowest BCUT2D eigenvalue weighted by atomic mass is 9.91. The van der Waals surface area contributed by atoms with Crippen molar-refractivity contribution in [2.75, 3.05) is 6.54 Å². The minimum atomic E-state index is -3.54. The summed E-state index contributed by atoms with van der Waals surface area (Å²) in [6, 6.07) is 7.12. The summed E-state index contributed by atoms with van der Waals surface area (Å²) in [5.74, 6) is -1.80. The average Bonchev–Trinajstić information content (AvgIpc) is 2.35. The number of nitrogens with zero attached hydrogens (tertiary/aromatic N) is 1. The summed E-state index contributed by atoms with van der Waals surface area (Å²) in [7, 11) is -3.54. The molecule has 0 fully saturated rings. The molecule has 1 unspecified atom stereocenters. The monoisotopic (exact) mass is 297 g/mol. The first-order valence-corrected chi connectivity index (χ1v) is 7.89. The van der Waals surface area contributed by atoms with Crippen molar-refractivity contribution in [3.63, 3.8) is 0 Å². The highest BCUT2D eigenvalue weighted by atomic mass is 32.2. The Bertz CT molecular complexity index is 631. The fourth-order valence-corrected chi connectivity index (χ4v) is 3.79. The fourth-order valence-electron chi connectivity index (χ4n) is 2.36. The number of aliphatic carboxylic acids is 1. The van der Waals surface area contributed by atoms with Crippen molar-refractivity contribution in [1.82, 2.24) is 4.31 Å². The van der Waals surface area contributed by atoms with E-state index in [4.69, 9.17) is 0 Å². The first-order valence-electron chi connectivity index (χ1n) is 6.45. The molecule has 0 spiro atoms. The van der Waals surface area contributed by atoms with E-state index in [0.29, 0.717) is 5.56 Å². The number of carboxylic acid groups (broad SMARTS) is 1. The van der Waals surface area contributed by atoms with E-state index in [1.54, 1.807) is 45.0 Å². The topological polar surface area (TPSA) is 74.7 Å². The molecule has 0 aliphatic carbocycles. The lowest BCUT2D eigenvalue weighted by molar-refractivity contribution is -0.139. The Morgan fingerprint density at radius 3 is 2.45 bits per heavy atom. The maximum atomic E-state index is 12.5. The van der Waals surface area contributed by atoms with E-state index < -0.39 is 26.7 Å². The molecule has 1 atom stereocenters. The fraction of sp³-hybridized carbons (Fsp3) is 0.500. The normalized spacial score (nSPS) is 20.4. The largest absolute Gasteiger partial charge is 0.481 e. The van der Waals surface area contributed by atoms with Gasteiger partial charge in [-0.2, -0.15) is 4.31 Å². The molecular formula is C14H19NO4S. The smallest absolute Gasteiger partial charge is 0.312 e. The van der Waals surface area contributed by atoms with Crippen LogP contribution in [0.2, 0.25) is 0 Å². The Balaban J connectivity index is 2.47. The maximum Gasteiger partial charge on any atom is 0.312 e. The number of fused-ring (bicyclic) bond motifs is 1. The number of carboxylic acids is 1. The molecule has 1 heterocycles. The van der Waals surface area contributed by atoms with Crippen molar-refractivity contribution in [3.8, 4) is 0 Å². The van der Waals surface area contributed by atoms with E-state index in [-0.39, 0.29) is 13.1 Å². The first kappa shape index (κ1) is 15.0. The zero-order valence-electron chi connectivity index (χ0n) is 11.8. The van der Waals surface area contributed by atoms with Gasteiger partial charge < -0.3 is 5.11 Å². The van der Waals surface area contributed by atoms with Crippen LogP contribution in [0.25, 0.3) is 0 Å². The van der Waals surface area contributed by atoms with Gasteiger partial charge in [0.25, 0.3) is 0 Å². The van der Waals surface area contributed by atoms with Gasteiger partial charge in [-0.15, -0.1) is 0 Å². The Morgan fingerprint density at radius 2 is 1.90 bits per heavy atom. The third-order valence-electron chi connectivity index (χ3n) is 3.58. The zero-order valence-corrected chi connectivity index (χ0v) is 12.6. The van der Waals surface area contributed by atoms with E-state index in [1.165, 1.54) is 4.31 Å². The molecule has 0 aromatic heterocycles. The molecule has 0 saturated heterocycles. The first-order chi connectivity index (χ1) is 9.14. The molecule has 1 aliphatic rings. The number of sulfonamides is 1. The summed E-state index contributed by atoms with van der Waals surface area (Å²) in [6.45, 7) is 5.10. The van der Waals surface area contributed by atoms with Crippen molar-refractivity contribution in [1.29, 1.82) is 0 Å². The van der Waals surface area contributed by atoms with Crippen LogP contribution in [-0.2, 0) is 21.4 Å².